The van der Waals surface area contributed by atoms with Crippen LogP contribution in [0.15, 0.2) is 40.2 Å². The number of hydrogen-bond acceptors (Lipinski definition) is 3. The average molecular weight is 341 g/mol. The van der Waals surface area contributed by atoms with Crippen LogP contribution in [-0.4, -0.2) is 23.4 Å². The average Bonchev–Trinajstić information content (AvgIpc) is 2.82. The number of aliphatic hydroxyl groups excluding tert-OH is 2. The van der Waals surface area contributed by atoms with Crippen molar-refractivity contribution in [2.24, 2.45) is 0 Å². The van der Waals surface area contributed by atoms with E-state index in [1.807, 2.05) is 42.6 Å². The third-order valence-electron chi connectivity index (χ3n) is 3.46. The van der Waals surface area contributed by atoms with Gasteiger partial charge in [-0.15, -0.1) is 11.3 Å². The fourth-order valence-corrected chi connectivity index (χ4v) is 3.75. The number of aliphatic hydroxyl groups is 2. The second-order valence-corrected chi connectivity index (χ2v) is 6.69. The van der Waals surface area contributed by atoms with E-state index in [0.717, 1.165) is 14.9 Å². The molecule has 2 nitrogen and oxygen atoms in total. The molecule has 0 aliphatic heterocycles. The minimum Gasteiger partial charge on any atom is -0.395 e. The summed E-state index contributed by atoms with van der Waals surface area (Å²) in [5.74, 6) is 0. The minimum absolute atomic E-state index is 0.0725. The topological polar surface area (TPSA) is 40.5 Å². The molecule has 0 aliphatic rings. The van der Waals surface area contributed by atoms with E-state index in [9.17, 15) is 10.2 Å². The van der Waals surface area contributed by atoms with Crippen molar-refractivity contribution in [3.63, 3.8) is 0 Å². The molecule has 2 N–H and O–H groups in total. The Hall–Kier alpha value is -0.680. The highest BCUT2D eigenvalue weighted by molar-refractivity contribution is 9.10. The standard InChI is InChI=1S/C15H17BrO2S/c1-11-2-4-12(5-3-11)15(9-17,10-18)8-14-13(16)6-7-19-14/h2-7,17-18H,8-10H2,1H3. The summed E-state index contributed by atoms with van der Waals surface area (Å²) in [6, 6.07) is 10.00. The number of benzene rings is 1. The van der Waals surface area contributed by atoms with E-state index < -0.39 is 5.41 Å². The molecule has 102 valence electrons. The molecule has 0 saturated carbocycles. The summed E-state index contributed by atoms with van der Waals surface area (Å²) in [7, 11) is 0. The highest BCUT2D eigenvalue weighted by Gasteiger charge is 2.32. The quantitative estimate of drug-likeness (QED) is 0.876. The van der Waals surface area contributed by atoms with Gasteiger partial charge in [0.05, 0.1) is 13.2 Å². The van der Waals surface area contributed by atoms with Crippen molar-refractivity contribution < 1.29 is 10.2 Å². The fourth-order valence-electron chi connectivity index (χ4n) is 2.11. The first-order valence-electron chi connectivity index (χ1n) is 6.12. The highest BCUT2D eigenvalue weighted by Crippen LogP contribution is 2.33. The molecule has 4 heteroatoms. The summed E-state index contributed by atoms with van der Waals surface area (Å²) >= 11 is 5.14. The monoisotopic (exact) mass is 340 g/mol. The number of halogens is 1. The first-order valence-corrected chi connectivity index (χ1v) is 7.79. The van der Waals surface area contributed by atoms with Crippen LogP contribution in [0.5, 0.6) is 0 Å². The van der Waals surface area contributed by atoms with Crippen LogP contribution in [0.4, 0.5) is 0 Å². The van der Waals surface area contributed by atoms with E-state index in [2.05, 4.69) is 15.9 Å². The predicted molar refractivity (Wildman–Crippen MR) is 82.8 cm³/mol. The zero-order valence-electron chi connectivity index (χ0n) is 10.8. The van der Waals surface area contributed by atoms with Crippen LogP contribution in [0.3, 0.4) is 0 Å². The van der Waals surface area contributed by atoms with E-state index >= 15 is 0 Å². The van der Waals surface area contributed by atoms with Crippen molar-refractivity contribution in [3.8, 4) is 0 Å². The number of aryl methyl sites for hydroxylation is 1. The van der Waals surface area contributed by atoms with Gasteiger partial charge in [-0.05, 0) is 46.3 Å². The molecule has 0 amide bonds. The zero-order chi connectivity index (χ0) is 13.9. The Bertz CT molecular complexity index is 529. The van der Waals surface area contributed by atoms with Gasteiger partial charge in [-0.3, -0.25) is 0 Å². The van der Waals surface area contributed by atoms with Crippen LogP contribution >= 0.6 is 27.3 Å². The van der Waals surface area contributed by atoms with Gasteiger partial charge >= 0.3 is 0 Å². The molecule has 1 aromatic carbocycles. The molecule has 19 heavy (non-hydrogen) atoms. The van der Waals surface area contributed by atoms with Crippen molar-refractivity contribution >= 4 is 27.3 Å². The Morgan fingerprint density at radius 2 is 1.74 bits per heavy atom. The Morgan fingerprint density at radius 3 is 2.21 bits per heavy atom. The molecule has 0 spiro atoms. The van der Waals surface area contributed by atoms with E-state index in [0.29, 0.717) is 6.42 Å². The fraction of sp³-hybridized carbons (Fsp3) is 0.333. The molecular formula is C15H17BrO2S. The first kappa shape index (κ1) is 14.7. The third-order valence-corrected chi connectivity index (χ3v) is 5.39. The van der Waals surface area contributed by atoms with Crippen LogP contribution in [0, 0.1) is 6.92 Å². The number of thiophene rings is 1. The van der Waals surface area contributed by atoms with Crippen LogP contribution in [0.25, 0.3) is 0 Å². The van der Waals surface area contributed by atoms with Crippen LogP contribution < -0.4 is 0 Å². The lowest BCUT2D eigenvalue weighted by Gasteiger charge is -2.30. The van der Waals surface area contributed by atoms with E-state index in [1.165, 1.54) is 5.56 Å². The Balaban J connectivity index is 2.37. The smallest absolute Gasteiger partial charge is 0.0553 e. The molecule has 0 fully saturated rings. The summed E-state index contributed by atoms with van der Waals surface area (Å²) in [5, 5.41) is 21.6. The molecule has 1 aromatic heterocycles. The van der Waals surface area contributed by atoms with Gasteiger partial charge in [-0.2, -0.15) is 0 Å². The third kappa shape index (κ3) is 3.08. The molecule has 0 saturated heterocycles. The van der Waals surface area contributed by atoms with Crippen LogP contribution in [-0.2, 0) is 11.8 Å². The molecule has 0 aliphatic carbocycles. The van der Waals surface area contributed by atoms with E-state index in [1.54, 1.807) is 11.3 Å². The number of hydrogen-bond donors (Lipinski definition) is 2. The maximum Gasteiger partial charge on any atom is 0.0553 e. The van der Waals surface area contributed by atoms with Gasteiger partial charge in [0.2, 0.25) is 0 Å². The Kier molecular flexibility index (Phi) is 4.79. The molecule has 0 radical (unpaired) electrons. The van der Waals surface area contributed by atoms with Gasteiger partial charge in [0.1, 0.15) is 0 Å². The number of rotatable bonds is 5. The molecule has 0 unspecified atom stereocenters. The lowest BCUT2D eigenvalue weighted by atomic mass is 9.78. The second-order valence-electron chi connectivity index (χ2n) is 4.83. The second kappa shape index (κ2) is 6.18. The first-order chi connectivity index (χ1) is 9.11. The molecule has 1 heterocycles. The molecular weight excluding hydrogens is 324 g/mol. The summed E-state index contributed by atoms with van der Waals surface area (Å²) in [5.41, 5.74) is 1.52. The van der Waals surface area contributed by atoms with Gasteiger partial charge in [0.25, 0.3) is 0 Å². The largest absolute Gasteiger partial charge is 0.395 e. The lowest BCUT2D eigenvalue weighted by molar-refractivity contribution is 0.116. The van der Waals surface area contributed by atoms with Crippen molar-refractivity contribution in [3.05, 3.63) is 56.2 Å². The summed E-state index contributed by atoms with van der Waals surface area (Å²) in [6.45, 7) is 1.88. The van der Waals surface area contributed by atoms with Crippen LogP contribution in [0.2, 0.25) is 0 Å². The summed E-state index contributed by atoms with van der Waals surface area (Å²) < 4.78 is 1.04. The normalized spacial score (nSPS) is 11.8. The Labute approximate surface area is 125 Å². The predicted octanol–water partition coefficient (Wildman–Crippen LogP) is 3.28. The summed E-state index contributed by atoms with van der Waals surface area (Å²) in [4.78, 5) is 1.14. The lowest BCUT2D eigenvalue weighted by Crippen LogP contribution is -2.37. The van der Waals surface area contributed by atoms with Crippen LogP contribution in [0.1, 0.15) is 16.0 Å². The molecule has 2 aromatic rings. The van der Waals surface area contributed by atoms with Crippen molar-refractivity contribution in [1.82, 2.24) is 0 Å². The highest BCUT2D eigenvalue weighted by atomic mass is 79.9. The zero-order valence-corrected chi connectivity index (χ0v) is 13.2. The van der Waals surface area contributed by atoms with Gasteiger partial charge < -0.3 is 10.2 Å². The SMILES string of the molecule is Cc1ccc(C(CO)(CO)Cc2sccc2Br)cc1. The van der Waals surface area contributed by atoms with Crippen molar-refractivity contribution in [2.45, 2.75) is 18.8 Å². The van der Waals surface area contributed by atoms with Gasteiger partial charge in [0.15, 0.2) is 0 Å². The van der Waals surface area contributed by atoms with E-state index in [4.69, 9.17) is 0 Å². The Morgan fingerprint density at radius 1 is 1.11 bits per heavy atom. The van der Waals surface area contributed by atoms with Gasteiger partial charge in [-0.25, -0.2) is 0 Å². The van der Waals surface area contributed by atoms with E-state index in [-0.39, 0.29) is 13.2 Å². The molecule has 0 bridgehead atoms. The molecule has 2 rings (SSSR count). The maximum absolute atomic E-state index is 9.82. The van der Waals surface area contributed by atoms with Crippen molar-refractivity contribution in [1.29, 1.82) is 0 Å². The van der Waals surface area contributed by atoms with Crippen molar-refractivity contribution in [2.75, 3.05) is 13.2 Å². The summed E-state index contributed by atoms with van der Waals surface area (Å²) in [6.07, 6.45) is 0.626. The minimum atomic E-state index is -0.624. The maximum atomic E-state index is 9.82. The molecule has 0 atom stereocenters. The van der Waals surface area contributed by atoms with Gasteiger partial charge in [0, 0.05) is 14.8 Å². The van der Waals surface area contributed by atoms with Gasteiger partial charge in [-0.1, -0.05) is 29.8 Å².